The van der Waals surface area contributed by atoms with Gasteiger partial charge >= 0.3 is 6.03 Å². The Morgan fingerprint density at radius 2 is 1.76 bits per heavy atom. The number of rotatable bonds is 10. The Labute approximate surface area is 292 Å². The number of aromatic nitrogens is 5. The van der Waals surface area contributed by atoms with E-state index in [1.165, 1.54) is 12.1 Å². The van der Waals surface area contributed by atoms with Crippen molar-refractivity contribution in [1.82, 2.24) is 29.7 Å². The summed E-state index contributed by atoms with van der Waals surface area (Å²) in [5, 5.41) is 48.2. The van der Waals surface area contributed by atoms with Gasteiger partial charge in [-0.2, -0.15) is 10.4 Å². The Hall–Kier alpha value is -5.29. The predicted octanol–water partition coefficient (Wildman–Crippen LogP) is 7.01. The van der Waals surface area contributed by atoms with Crippen molar-refractivity contribution in [3.8, 4) is 28.9 Å². The Balaban J connectivity index is 1.20. The first kappa shape index (κ1) is 33.6. The molecule has 3 aromatic carbocycles. The molecule has 248 valence electrons. The maximum absolute atomic E-state index is 13.3. The van der Waals surface area contributed by atoms with Crippen LogP contribution in [0, 0.1) is 11.3 Å². The number of anilines is 1. The number of nitrogens with one attached hydrogen (secondary N) is 2. The number of hydrogen-bond donors (Lipinski definition) is 4. The molecule has 3 heterocycles. The second-order valence-electron chi connectivity index (χ2n) is 12.1. The maximum Gasteiger partial charge on any atom is 0.320 e. The van der Waals surface area contributed by atoms with Crippen molar-refractivity contribution < 1.29 is 15.0 Å². The molecule has 0 fully saturated rings. The molecule has 0 aliphatic rings. The Bertz CT molecular complexity index is 2180. The van der Waals surface area contributed by atoms with Crippen LogP contribution < -0.4 is 10.6 Å². The van der Waals surface area contributed by atoms with Crippen LogP contribution in [0.3, 0.4) is 0 Å². The third-order valence-corrected chi connectivity index (χ3v) is 9.71. The zero-order chi connectivity index (χ0) is 34.5. The molecule has 3 aromatic heterocycles. The number of hydrogen-bond acceptors (Lipinski definition) is 9. The van der Waals surface area contributed by atoms with Gasteiger partial charge in [0.15, 0.2) is 11.5 Å². The van der Waals surface area contributed by atoms with Crippen molar-refractivity contribution >= 4 is 41.0 Å². The SMILES string of the molecule is CC(C)(C)c1cc(NC(=O)NCc2ccccc2Sc2ccc3nnc(-c4ccccc4SCCO)n3c2)n(-c2ccc(O)c(C#N)c2)n1. The summed E-state index contributed by atoms with van der Waals surface area (Å²) in [5.74, 6) is 1.60. The number of pyridine rings is 1. The van der Waals surface area contributed by atoms with E-state index in [-0.39, 0.29) is 29.9 Å². The molecule has 0 radical (unpaired) electrons. The summed E-state index contributed by atoms with van der Waals surface area (Å²) < 4.78 is 3.53. The number of benzene rings is 3. The van der Waals surface area contributed by atoms with Gasteiger partial charge in [-0.15, -0.1) is 22.0 Å². The summed E-state index contributed by atoms with van der Waals surface area (Å²) >= 11 is 3.15. The van der Waals surface area contributed by atoms with E-state index in [1.807, 2.05) is 98.1 Å². The molecule has 0 aliphatic carbocycles. The second kappa shape index (κ2) is 14.4. The van der Waals surface area contributed by atoms with Crippen LogP contribution in [0.2, 0.25) is 0 Å². The third-order valence-electron chi connectivity index (χ3n) is 7.56. The molecule has 0 atom stereocenters. The van der Waals surface area contributed by atoms with Crippen molar-refractivity contribution in [2.24, 2.45) is 0 Å². The van der Waals surface area contributed by atoms with Crippen LogP contribution in [0.5, 0.6) is 5.75 Å². The third kappa shape index (κ3) is 7.57. The van der Waals surface area contributed by atoms with E-state index in [0.717, 1.165) is 43.0 Å². The molecule has 49 heavy (non-hydrogen) atoms. The van der Waals surface area contributed by atoms with Crippen LogP contribution >= 0.6 is 23.5 Å². The lowest BCUT2D eigenvalue weighted by Crippen LogP contribution is -2.29. The summed E-state index contributed by atoms with van der Waals surface area (Å²) in [4.78, 5) is 16.2. The number of phenols is 1. The normalized spacial score (nSPS) is 11.4. The van der Waals surface area contributed by atoms with E-state index >= 15 is 0 Å². The van der Waals surface area contributed by atoms with E-state index in [9.17, 15) is 20.3 Å². The highest BCUT2D eigenvalue weighted by molar-refractivity contribution is 7.99. The summed E-state index contributed by atoms with van der Waals surface area (Å²) in [6.07, 6.45) is 2.01. The predicted molar refractivity (Wildman–Crippen MR) is 191 cm³/mol. The number of aromatic hydroxyl groups is 1. The molecule has 2 amide bonds. The highest BCUT2D eigenvalue weighted by Gasteiger charge is 2.22. The number of fused-ring (bicyclic) bond motifs is 1. The molecule has 0 spiro atoms. The van der Waals surface area contributed by atoms with Gasteiger partial charge in [-0.25, -0.2) is 9.48 Å². The first-order valence-corrected chi connectivity index (χ1v) is 17.3. The molecular weight excluding hydrogens is 657 g/mol. The van der Waals surface area contributed by atoms with Crippen LogP contribution in [-0.4, -0.2) is 53.0 Å². The van der Waals surface area contributed by atoms with Gasteiger partial charge in [-0.05, 0) is 48.0 Å². The van der Waals surface area contributed by atoms with E-state index in [4.69, 9.17) is 5.10 Å². The van der Waals surface area contributed by atoms with Gasteiger partial charge < -0.3 is 15.5 Å². The summed E-state index contributed by atoms with van der Waals surface area (Å²) in [6, 6.07) is 27.7. The van der Waals surface area contributed by atoms with Crippen LogP contribution in [0.4, 0.5) is 10.6 Å². The smallest absolute Gasteiger partial charge is 0.320 e. The second-order valence-corrected chi connectivity index (χ2v) is 14.3. The van der Waals surface area contributed by atoms with E-state index < -0.39 is 6.03 Å². The maximum atomic E-state index is 13.3. The molecule has 4 N–H and O–H groups in total. The quantitative estimate of drug-likeness (QED) is 0.111. The van der Waals surface area contributed by atoms with Gasteiger partial charge in [-0.1, -0.05) is 68.9 Å². The monoisotopic (exact) mass is 690 g/mol. The Kier molecular flexibility index (Phi) is 9.91. The lowest BCUT2D eigenvalue weighted by molar-refractivity contribution is 0.251. The molecule has 6 aromatic rings. The lowest BCUT2D eigenvalue weighted by atomic mass is 9.92. The topological polar surface area (TPSA) is 153 Å². The van der Waals surface area contributed by atoms with Gasteiger partial charge in [0.1, 0.15) is 17.6 Å². The number of amides is 2. The van der Waals surface area contributed by atoms with Gasteiger partial charge in [0.05, 0.1) is 23.6 Å². The van der Waals surface area contributed by atoms with Crippen molar-refractivity contribution in [2.45, 2.75) is 47.4 Å². The first-order valence-electron chi connectivity index (χ1n) is 15.5. The number of nitrogens with zero attached hydrogens (tertiary/aromatic N) is 6. The molecule has 0 unspecified atom stereocenters. The highest BCUT2D eigenvalue weighted by atomic mass is 32.2. The fraction of sp³-hybridized carbons (Fsp3) is 0.194. The van der Waals surface area contributed by atoms with E-state index in [1.54, 1.807) is 40.3 Å². The molecular formula is C36H34N8O3S2. The number of carbonyl (C=O) groups excluding carboxylic acids is 1. The number of urea groups is 1. The molecule has 13 heteroatoms. The number of phenolic OH excluding ortho intramolecular Hbond substituents is 1. The van der Waals surface area contributed by atoms with Crippen LogP contribution in [0.25, 0.3) is 22.7 Å². The summed E-state index contributed by atoms with van der Waals surface area (Å²) in [6.45, 7) is 6.42. The molecule has 11 nitrogen and oxygen atoms in total. The minimum atomic E-state index is -0.422. The summed E-state index contributed by atoms with van der Waals surface area (Å²) in [5.41, 5.74) is 3.67. The zero-order valence-electron chi connectivity index (χ0n) is 27.1. The molecule has 0 aliphatic heterocycles. The van der Waals surface area contributed by atoms with Crippen LogP contribution in [0.1, 0.15) is 37.6 Å². The molecule has 0 saturated heterocycles. The lowest BCUT2D eigenvalue weighted by Gasteiger charge is -2.14. The van der Waals surface area contributed by atoms with Crippen molar-refractivity contribution in [1.29, 1.82) is 5.26 Å². The van der Waals surface area contributed by atoms with E-state index in [0.29, 0.717) is 17.3 Å². The number of aliphatic hydroxyl groups is 1. The fourth-order valence-electron chi connectivity index (χ4n) is 5.04. The minimum absolute atomic E-state index is 0.0864. The van der Waals surface area contributed by atoms with Gasteiger partial charge in [0.25, 0.3) is 0 Å². The standard InChI is InChI=1S/C36H34N8O3S2/c1-36(2,3)31-19-33(44(42-31)25-12-14-28(46)24(18-25)20-37)39-35(47)38-21-23-8-4-6-10-29(23)49-26-13-15-32-40-41-34(43(32)22-26)27-9-5-7-11-30(27)48-17-16-45/h4-15,18-19,22,45-46H,16-17,21H2,1-3H3,(H2,38,39,47). The fourth-order valence-corrected chi connectivity index (χ4v) is 6.81. The zero-order valence-corrected chi connectivity index (χ0v) is 28.7. The average molecular weight is 691 g/mol. The Morgan fingerprint density at radius 3 is 2.53 bits per heavy atom. The van der Waals surface area contributed by atoms with Crippen molar-refractivity contribution in [2.75, 3.05) is 17.7 Å². The highest BCUT2D eigenvalue weighted by Crippen LogP contribution is 2.34. The van der Waals surface area contributed by atoms with Gasteiger partial charge in [0, 0.05) is 50.2 Å². The number of nitriles is 1. The van der Waals surface area contributed by atoms with Crippen LogP contribution in [0.15, 0.2) is 106 Å². The summed E-state index contributed by atoms with van der Waals surface area (Å²) in [7, 11) is 0. The minimum Gasteiger partial charge on any atom is -0.507 e. The van der Waals surface area contributed by atoms with Crippen molar-refractivity contribution in [3.63, 3.8) is 0 Å². The number of carbonyl (C=O) groups is 1. The molecule has 6 rings (SSSR count). The van der Waals surface area contributed by atoms with Gasteiger partial charge in [0.2, 0.25) is 0 Å². The number of thioether (sulfide) groups is 1. The first-order chi connectivity index (χ1) is 23.6. The molecule has 0 bridgehead atoms. The van der Waals surface area contributed by atoms with Crippen molar-refractivity contribution in [3.05, 3.63) is 108 Å². The van der Waals surface area contributed by atoms with E-state index in [2.05, 4.69) is 20.8 Å². The average Bonchev–Trinajstić information content (AvgIpc) is 3.72. The molecule has 0 saturated carbocycles. The largest absolute Gasteiger partial charge is 0.507 e. The van der Waals surface area contributed by atoms with Crippen LogP contribution in [-0.2, 0) is 12.0 Å². The Morgan fingerprint density at radius 1 is 0.980 bits per heavy atom. The number of aliphatic hydroxyl groups excluding tert-OH is 1. The van der Waals surface area contributed by atoms with Gasteiger partial charge in [-0.3, -0.25) is 9.72 Å².